The molecule has 2 aliphatic rings. The minimum absolute atomic E-state index is 0.280. The van der Waals surface area contributed by atoms with Gasteiger partial charge in [0.15, 0.2) is 0 Å². The van der Waals surface area contributed by atoms with Crippen LogP contribution in [0, 0.1) is 17.8 Å². The average molecular weight is 389 g/mol. The van der Waals surface area contributed by atoms with Crippen LogP contribution in [0.1, 0.15) is 59.8 Å². The number of thiophene rings is 1. The van der Waals surface area contributed by atoms with Crippen LogP contribution in [0.5, 0.6) is 0 Å². The van der Waals surface area contributed by atoms with E-state index in [9.17, 15) is 19.5 Å². The number of nitrogens with one attached hydrogen (secondary N) is 1. The van der Waals surface area contributed by atoms with Crippen molar-refractivity contribution in [3.63, 3.8) is 0 Å². The van der Waals surface area contributed by atoms with Crippen molar-refractivity contribution in [2.24, 2.45) is 23.5 Å². The van der Waals surface area contributed by atoms with Gasteiger partial charge >= 0.3 is 0 Å². The molecule has 6 nitrogen and oxygen atoms in total. The number of nitrogens with two attached hydrogens (primary N) is 1. The van der Waals surface area contributed by atoms with Gasteiger partial charge in [0, 0.05) is 16.8 Å². The lowest BCUT2D eigenvalue weighted by Crippen LogP contribution is -2.41. The second-order valence-electron chi connectivity index (χ2n) is 7.43. The van der Waals surface area contributed by atoms with Crippen LogP contribution in [-0.2, 0) is 22.4 Å². The topological polar surface area (TPSA) is 112 Å². The molecule has 2 amide bonds. The molecular weight excluding hydrogens is 364 g/mol. The predicted molar refractivity (Wildman–Crippen MR) is 102 cm³/mol. The van der Waals surface area contributed by atoms with Crippen molar-refractivity contribution < 1.29 is 19.5 Å². The highest BCUT2D eigenvalue weighted by atomic mass is 32.1. The van der Waals surface area contributed by atoms with E-state index in [-0.39, 0.29) is 12.3 Å². The van der Waals surface area contributed by atoms with Crippen LogP contribution in [0.25, 0.3) is 0 Å². The Bertz CT molecular complexity index is 783. The van der Waals surface area contributed by atoms with Crippen LogP contribution in [0.2, 0.25) is 0 Å². The average Bonchev–Trinajstić information content (AvgIpc) is 2.99. The Balaban J connectivity index is 1.84. The van der Waals surface area contributed by atoms with E-state index in [0.29, 0.717) is 22.9 Å². The van der Waals surface area contributed by atoms with Crippen molar-refractivity contribution in [2.75, 3.05) is 5.32 Å². The lowest BCUT2D eigenvalue weighted by Gasteiger charge is -2.28. The third-order valence-electron chi connectivity index (χ3n) is 5.62. The Morgan fingerprint density at radius 2 is 1.96 bits per heavy atom. The van der Waals surface area contributed by atoms with Crippen LogP contribution in [0.3, 0.4) is 0 Å². The van der Waals surface area contributed by atoms with Gasteiger partial charge < -0.3 is 21.0 Å². The molecule has 27 heavy (non-hydrogen) atoms. The SMILES string of the molecule is CCC[C@@H]1CCc2c(sc(NC(=O)[C@H]3CC=CC[C@@H]3C(=O)[O-])c2C(N)=O)C1. The molecule has 0 fully saturated rings. The summed E-state index contributed by atoms with van der Waals surface area (Å²) in [5.74, 6) is -3.11. The minimum Gasteiger partial charge on any atom is -0.550 e. The number of hydrogen-bond acceptors (Lipinski definition) is 5. The highest BCUT2D eigenvalue weighted by molar-refractivity contribution is 7.17. The summed E-state index contributed by atoms with van der Waals surface area (Å²) < 4.78 is 0. The summed E-state index contributed by atoms with van der Waals surface area (Å²) in [6.07, 6.45) is 9.18. The number of anilines is 1. The molecule has 7 heteroatoms. The number of carboxylic acid groups (broad SMARTS) is 1. The molecule has 1 heterocycles. The Labute approximate surface area is 162 Å². The molecule has 3 N–H and O–H groups in total. The van der Waals surface area contributed by atoms with Gasteiger partial charge in [-0.3, -0.25) is 9.59 Å². The second-order valence-corrected chi connectivity index (χ2v) is 8.54. The number of carboxylic acids is 1. The summed E-state index contributed by atoms with van der Waals surface area (Å²) in [6.45, 7) is 2.16. The smallest absolute Gasteiger partial charge is 0.251 e. The Hall–Kier alpha value is -2.15. The zero-order valence-corrected chi connectivity index (χ0v) is 16.3. The molecule has 0 unspecified atom stereocenters. The van der Waals surface area contributed by atoms with Crippen LogP contribution < -0.4 is 16.2 Å². The van der Waals surface area contributed by atoms with E-state index in [1.54, 1.807) is 6.08 Å². The van der Waals surface area contributed by atoms with Gasteiger partial charge in [-0.1, -0.05) is 31.9 Å². The number of rotatable bonds is 6. The lowest BCUT2D eigenvalue weighted by atomic mass is 9.82. The molecule has 3 atom stereocenters. The van der Waals surface area contributed by atoms with Crippen LogP contribution in [-0.4, -0.2) is 17.8 Å². The van der Waals surface area contributed by atoms with Gasteiger partial charge in [0.1, 0.15) is 5.00 Å². The molecular formula is C20H25N2O4S-. The largest absolute Gasteiger partial charge is 0.550 e. The predicted octanol–water partition coefficient (Wildman–Crippen LogP) is 2.02. The first kappa shape index (κ1) is 19.6. The van der Waals surface area contributed by atoms with E-state index < -0.39 is 23.7 Å². The first-order valence-corrected chi connectivity index (χ1v) is 10.3. The zero-order valence-electron chi connectivity index (χ0n) is 15.5. The highest BCUT2D eigenvalue weighted by Crippen LogP contribution is 2.41. The Morgan fingerprint density at radius 3 is 2.59 bits per heavy atom. The number of carbonyl (C=O) groups excluding carboxylic acids is 3. The summed E-state index contributed by atoms with van der Waals surface area (Å²) in [5, 5.41) is 14.6. The maximum atomic E-state index is 12.8. The summed E-state index contributed by atoms with van der Waals surface area (Å²) in [7, 11) is 0. The molecule has 2 aliphatic carbocycles. The molecule has 0 aliphatic heterocycles. The monoisotopic (exact) mass is 389 g/mol. The third-order valence-corrected chi connectivity index (χ3v) is 6.79. The number of amides is 2. The summed E-state index contributed by atoms with van der Waals surface area (Å²) in [4.78, 5) is 37.3. The first-order chi connectivity index (χ1) is 12.9. The molecule has 1 aromatic rings. The molecule has 1 aromatic heterocycles. The molecule has 0 saturated carbocycles. The summed E-state index contributed by atoms with van der Waals surface area (Å²) in [6, 6.07) is 0. The van der Waals surface area contributed by atoms with Crippen LogP contribution in [0.15, 0.2) is 12.2 Å². The van der Waals surface area contributed by atoms with E-state index in [4.69, 9.17) is 5.73 Å². The zero-order chi connectivity index (χ0) is 19.6. The number of hydrogen-bond donors (Lipinski definition) is 2. The standard InChI is InChI=1S/C20H26N2O4S/c1-2-5-11-8-9-14-15(10-11)27-19(16(14)17(21)23)22-18(24)12-6-3-4-7-13(12)20(25)26/h3-4,11-13H,2,5-10H2,1H3,(H2,21,23)(H,22,24)(H,25,26)/p-1/t11-,12+,13+/m1/s1. The molecule has 0 spiro atoms. The maximum absolute atomic E-state index is 12.8. The fourth-order valence-electron chi connectivity index (χ4n) is 4.23. The Morgan fingerprint density at radius 1 is 1.26 bits per heavy atom. The van der Waals surface area contributed by atoms with Crippen molar-refractivity contribution in [1.82, 2.24) is 0 Å². The Kier molecular flexibility index (Phi) is 5.99. The van der Waals surface area contributed by atoms with Gasteiger partial charge in [-0.15, -0.1) is 11.3 Å². The second kappa shape index (κ2) is 8.25. The summed E-state index contributed by atoms with van der Waals surface area (Å²) >= 11 is 1.41. The van der Waals surface area contributed by atoms with Gasteiger partial charge in [0.25, 0.3) is 5.91 Å². The van der Waals surface area contributed by atoms with Crippen molar-refractivity contribution in [3.8, 4) is 0 Å². The number of carbonyl (C=O) groups is 3. The molecule has 0 saturated heterocycles. The van der Waals surface area contributed by atoms with Gasteiger partial charge in [0.05, 0.1) is 11.5 Å². The molecule has 3 rings (SSSR count). The van der Waals surface area contributed by atoms with E-state index in [2.05, 4.69) is 12.2 Å². The van der Waals surface area contributed by atoms with Gasteiger partial charge in [-0.25, -0.2) is 0 Å². The van der Waals surface area contributed by atoms with E-state index in [1.165, 1.54) is 11.3 Å². The summed E-state index contributed by atoms with van der Waals surface area (Å²) in [5.41, 5.74) is 6.96. The van der Waals surface area contributed by atoms with Crippen molar-refractivity contribution >= 4 is 34.1 Å². The third kappa shape index (κ3) is 4.08. The lowest BCUT2D eigenvalue weighted by molar-refractivity contribution is -0.313. The fourth-order valence-corrected chi connectivity index (χ4v) is 5.60. The normalized spacial score (nSPS) is 24.3. The molecule has 0 bridgehead atoms. The number of fused-ring (bicyclic) bond motifs is 1. The fraction of sp³-hybridized carbons (Fsp3) is 0.550. The number of allylic oxidation sites excluding steroid dienone is 2. The van der Waals surface area contributed by atoms with E-state index in [1.807, 2.05) is 6.08 Å². The number of aliphatic carboxylic acids is 1. The first-order valence-electron chi connectivity index (χ1n) is 9.53. The van der Waals surface area contributed by atoms with Crippen LogP contribution >= 0.6 is 11.3 Å². The van der Waals surface area contributed by atoms with Crippen molar-refractivity contribution in [2.45, 2.75) is 51.9 Å². The van der Waals surface area contributed by atoms with Crippen molar-refractivity contribution in [3.05, 3.63) is 28.2 Å². The number of primary amides is 1. The molecule has 146 valence electrons. The quantitative estimate of drug-likeness (QED) is 0.725. The maximum Gasteiger partial charge on any atom is 0.251 e. The van der Waals surface area contributed by atoms with Gasteiger partial charge in [0.2, 0.25) is 5.91 Å². The van der Waals surface area contributed by atoms with Crippen LogP contribution in [0.4, 0.5) is 5.00 Å². The van der Waals surface area contributed by atoms with Crippen molar-refractivity contribution in [1.29, 1.82) is 0 Å². The molecule has 0 aromatic carbocycles. The van der Waals surface area contributed by atoms with Gasteiger partial charge in [-0.2, -0.15) is 0 Å². The highest BCUT2D eigenvalue weighted by Gasteiger charge is 2.33. The minimum atomic E-state index is -1.22. The van der Waals surface area contributed by atoms with Gasteiger partial charge in [-0.05, 0) is 43.6 Å². The molecule has 0 radical (unpaired) electrons. The van der Waals surface area contributed by atoms with E-state index >= 15 is 0 Å². The van der Waals surface area contributed by atoms with E-state index in [0.717, 1.165) is 42.5 Å².